The Labute approximate surface area is 238 Å². The molecule has 0 amide bonds. The number of amidine groups is 3. The van der Waals surface area contributed by atoms with Gasteiger partial charge in [-0.2, -0.15) is 9.14 Å². The van der Waals surface area contributed by atoms with E-state index in [1.165, 1.54) is 5.56 Å². The van der Waals surface area contributed by atoms with Gasteiger partial charge in [0.05, 0.1) is 22.1 Å². The van der Waals surface area contributed by atoms with Gasteiger partial charge in [0.1, 0.15) is 6.54 Å². The molecule has 5 aliphatic rings. The average molecular weight is 541 g/mol. The van der Waals surface area contributed by atoms with E-state index >= 15 is 0 Å². The minimum atomic E-state index is -0.974. The van der Waals surface area contributed by atoms with Crippen LogP contribution < -0.4 is 11.0 Å². The van der Waals surface area contributed by atoms with Crippen LogP contribution in [0.25, 0.3) is 21.5 Å². The summed E-state index contributed by atoms with van der Waals surface area (Å²) in [6.07, 6.45) is 0. The normalized spacial score (nSPS) is 19.9. The second-order valence-corrected chi connectivity index (χ2v) is 11.2. The fourth-order valence-electron chi connectivity index (χ4n) is 7.80. The van der Waals surface area contributed by atoms with Crippen molar-refractivity contribution >= 4 is 57.4 Å². The molecule has 0 radical (unpaired) electrons. The summed E-state index contributed by atoms with van der Waals surface area (Å²) in [5.74, 6) is 3.34. The number of hydrogen-bond acceptors (Lipinski definition) is 4. The number of nitrogens with zero attached hydrogens (tertiary/aromatic N) is 8. The molecule has 0 saturated carbocycles. The first-order valence-corrected chi connectivity index (χ1v) is 14.1. The van der Waals surface area contributed by atoms with Crippen LogP contribution in [0.3, 0.4) is 0 Å². The van der Waals surface area contributed by atoms with Crippen LogP contribution in [-0.4, -0.2) is 42.5 Å². The fraction of sp³-hybridized carbons (Fsp3) is 0.0588. The Balaban J connectivity index is 1.48. The topological polar surface area (TPSA) is 65.3 Å². The molecule has 1 atom stereocenters. The summed E-state index contributed by atoms with van der Waals surface area (Å²) in [5.41, 5.74) is 6.26. The molecule has 5 aliphatic heterocycles. The van der Waals surface area contributed by atoms with Crippen LogP contribution in [0, 0.1) is 0 Å². The molecule has 6 aromatic rings. The molecule has 194 valence electrons. The molecule has 7 heterocycles. The van der Waals surface area contributed by atoms with Gasteiger partial charge in [-0.3, -0.25) is 0 Å². The van der Waals surface area contributed by atoms with Crippen molar-refractivity contribution in [2.24, 2.45) is 20.0 Å². The van der Waals surface area contributed by atoms with Gasteiger partial charge in [0.2, 0.25) is 11.3 Å². The number of benzene rings is 4. The summed E-state index contributed by atoms with van der Waals surface area (Å²) in [7, 11) is 0. The standard InChI is InChI=1S/C34H20N8/c1-35-27-21-12-4-5-13-22(21)30-37-31-25-16-8-9-17-26(25)33-38-32-24-15-7-6-14-23(24)29-36-28-20-11-3-2-10-19(20)18-39(28)34(40(27)30,41(29)32)42(31)33/h2-17H,1,18H2/q+2. The lowest BCUT2D eigenvalue weighted by Gasteiger charge is -2.38. The zero-order chi connectivity index (χ0) is 27.3. The maximum atomic E-state index is 5.43. The summed E-state index contributed by atoms with van der Waals surface area (Å²) in [4.78, 5) is 21.0. The van der Waals surface area contributed by atoms with Crippen molar-refractivity contribution in [3.05, 3.63) is 130 Å². The van der Waals surface area contributed by atoms with Gasteiger partial charge in [-0.25, -0.2) is 9.56 Å². The summed E-state index contributed by atoms with van der Waals surface area (Å²) >= 11 is 0. The third-order valence-electron chi connectivity index (χ3n) is 9.39. The van der Waals surface area contributed by atoms with Crippen LogP contribution >= 0.6 is 0 Å². The van der Waals surface area contributed by atoms with Crippen molar-refractivity contribution in [1.82, 2.24) is 9.13 Å². The maximum Gasteiger partial charge on any atom is 0.419 e. The van der Waals surface area contributed by atoms with E-state index in [9.17, 15) is 0 Å². The Hall–Kier alpha value is -5.76. The number of aromatic nitrogens is 2. The largest absolute Gasteiger partial charge is 0.419 e. The SMILES string of the molecule is C=Nc1c2ccccc2c2n1C13n4c(c5ccccc5c4=NC4=[N+]1C(=N2)c1ccccc14)=NC1=[N+]3Cc2ccccc21. The van der Waals surface area contributed by atoms with Crippen molar-refractivity contribution in [2.75, 3.05) is 0 Å². The number of rotatable bonds is 1. The lowest BCUT2D eigenvalue weighted by Crippen LogP contribution is -2.69. The highest BCUT2D eigenvalue weighted by Gasteiger charge is 2.67. The van der Waals surface area contributed by atoms with Crippen LogP contribution in [0.1, 0.15) is 22.3 Å². The summed E-state index contributed by atoms with van der Waals surface area (Å²) < 4.78 is 9.32. The van der Waals surface area contributed by atoms with Crippen molar-refractivity contribution in [3.63, 3.8) is 0 Å². The van der Waals surface area contributed by atoms with Crippen LogP contribution in [0.2, 0.25) is 0 Å². The van der Waals surface area contributed by atoms with Crippen LogP contribution in [-0.2, 0) is 12.5 Å². The molecule has 8 heteroatoms. The summed E-state index contributed by atoms with van der Waals surface area (Å²) in [6, 6.07) is 33.9. The van der Waals surface area contributed by atoms with E-state index < -0.39 is 5.91 Å². The molecule has 4 aromatic carbocycles. The molecule has 0 fully saturated rings. The highest BCUT2D eigenvalue weighted by molar-refractivity contribution is 6.17. The van der Waals surface area contributed by atoms with Crippen LogP contribution in [0.15, 0.2) is 117 Å². The van der Waals surface area contributed by atoms with Gasteiger partial charge in [-0.15, -0.1) is 4.58 Å². The van der Waals surface area contributed by atoms with Crippen molar-refractivity contribution in [2.45, 2.75) is 12.5 Å². The van der Waals surface area contributed by atoms with E-state index in [4.69, 9.17) is 20.0 Å². The Morgan fingerprint density at radius 2 is 1.26 bits per heavy atom. The van der Waals surface area contributed by atoms with Crippen molar-refractivity contribution < 1.29 is 9.15 Å². The highest BCUT2D eigenvalue weighted by Crippen LogP contribution is 2.49. The molecule has 8 nitrogen and oxygen atoms in total. The molecular weight excluding hydrogens is 520 g/mol. The second kappa shape index (κ2) is 6.75. The van der Waals surface area contributed by atoms with Gasteiger partial charge >= 0.3 is 11.7 Å². The lowest BCUT2D eigenvalue weighted by molar-refractivity contribution is -0.841. The molecule has 1 unspecified atom stereocenters. The lowest BCUT2D eigenvalue weighted by atomic mass is 10.1. The summed E-state index contributed by atoms with van der Waals surface area (Å²) in [5, 5.41) is 4.19. The fourth-order valence-corrected chi connectivity index (χ4v) is 7.80. The molecule has 11 rings (SSSR count). The van der Waals surface area contributed by atoms with Crippen LogP contribution in [0.5, 0.6) is 0 Å². The predicted molar refractivity (Wildman–Crippen MR) is 160 cm³/mol. The Morgan fingerprint density at radius 1 is 0.643 bits per heavy atom. The van der Waals surface area contributed by atoms with Crippen molar-refractivity contribution in [3.8, 4) is 0 Å². The summed E-state index contributed by atoms with van der Waals surface area (Å²) in [6.45, 7) is 4.76. The van der Waals surface area contributed by atoms with Crippen LogP contribution in [0.4, 0.5) is 11.6 Å². The van der Waals surface area contributed by atoms with E-state index in [0.717, 1.165) is 78.4 Å². The molecule has 2 aromatic heterocycles. The van der Waals surface area contributed by atoms with E-state index in [2.05, 4.69) is 122 Å². The second-order valence-electron chi connectivity index (χ2n) is 11.2. The number of aliphatic imine (C=N–C) groups is 2. The number of fused-ring (bicyclic) bond motifs is 11. The minimum Gasteiger partial charge on any atom is -0.246 e. The Kier molecular flexibility index (Phi) is 3.38. The van der Waals surface area contributed by atoms with E-state index in [0.29, 0.717) is 6.54 Å². The van der Waals surface area contributed by atoms with Gasteiger partial charge in [-0.1, -0.05) is 70.6 Å². The maximum absolute atomic E-state index is 5.43. The third-order valence-corrected chi connectivity index (χ3v) is 9.39. The first-order chi connectivity index (χ1) is 20.8. The van der Waals surface area contributed by atoms with Crippen molar-refractivity contribution in [1.29, 1.82) is 0 Å². The first kappa shape index (κ1) is 21.0. The molecule has 42 heavy (non-hydrogen) atoms. The van der Waals surface area contributed by atoms with Gasteiger partial charge in [0, 0.05) is 21.7 Å². The smallest absolute Gasteiger partial charge is 0.246 e. The van der Waals surface area contributed by atoms with Gasteiger partial charge in [0.25, 0.3) is 17.2 Å². The predicted octanol–water partition coefficient (Wildman–Crippen LogP) is 4.15. The Bertz CT molecular complexity index is 2570. The van der Waals surface area contributed by atoms with Gasteiger partial charge in [-0.05, 0) is 48.1 Å². The molecule has 0 bridgehead atoms. The molecular formula is C34H20N8+2. The highest BCUT2D eigenvalue weighted by atomic mass is 15.7. The van der Waals surface area contributed by atoms with E-state index in [1.807, 2.05) is 0 Å². The van der Waals surface area contributed by atoms with Gasteiger partial charge in [0.15, 0.2) is 5.82 Å². The Morgan fingerprint density at radius 3 is 2.02 bits per heavy atom. The first-order valence-electron chi connectivity index (χ1n) is 14.1. The quantitative estimate of drug-likeness (QED) is 0.222. The van der Waals surface area contributed by atoms with E-state index in [-0.39, 0.29) is 0 Å². The molecule has 0 aliphatic carbocycles. The minimum absolute atomic E-state index is 0.667. The zero-order valence-electron chi connectivity index (χ0n) is 22.2. The van der Waals surface area contributed by atoms with E-state index in [1.54, 1.807) is 0 Å². The molecule has 0 N–H and O–H groups in total. The number of hydrogen-bond donors (Lipinski definition) is 0. The molecule has 0 saturated heterocycles. The monoisotopic (exact) mass is 540 g/mol. The molecule has 1 spiro atoms. The zero-order valence-corrected chi connectivity index (χ0v) is 22.2. The van der Waals surface area contributed by atoms with Gasteiger partial charge < -0.3 is 0 Å². The average Bonchev–Trinajstić information content (AvgIpc) is 3.77. The third kappa shape index (κ3) is 2.04.